The van der Waals surface area contributed by atoms with Crippen LogP contribution in [0, 0.1) is 17.6 Å². The maximum atomic E-state index is 13.9. The molecule has 0 aromatic heterocycles. The van der Waals surface area contributed by atoms with Crippen molar-refractivity contribution >= 4 is 11.6 Å². The average molecular weight is 415 g/mol. The van der Waals surface area contributed by atoms with E-state index in [4.69, 9.17) is 4.74 Å². The molecule has 1 saturated carbocycles. The number of halogens is 2. The van der Waals surface area contributed by atoms with Gasteiger partial charge in [0.15, 0.2) is 11.6 Å². The molecule has 0 spiro atoms. The molecular weight excluding hydrogens is 388 g/mol. The number of rotatable bonds is 6. The van der Waals surface area contributed by atoms with Crippen LogP contribution in [0.3, 0.4) is 0 Å². The summed E-state index contributed by atoms with van der Waals surface area (Å²) < 4.78 is 32.5. The lowest BCUT2D eigenvalue weighted by Crippen LogP contribution is -2.40. The van der Waals surface area contributed by atoms with Crippen LogP contribution in [0.5, 0.6) is 5.75 Å². The molecule has 1 aromatic rings. The van der Waals surface area contributed by atoms with Gasteiger partial charge in [-0.2, -0.15) is 0 Å². The number of nitrogens with zero attached hydrogens (tertiary/aromatic N) is 1. The molecule has 3 rings (SSSR count). The van der Waals surface area contributed by atoms with Crippen LogP contribution in [-0.4, -0.2) is 17.7 Å². The quantitative estimate of drug-likeness (QED) is 0.660. The molecule has 1 aliphatic carbocycles. The summed E-state index contributed by atoms with van der Waals surface area (Å²) in [6, 6.07) is 3.07. The molecule has 0 radical (unpaired) electrons. The van der Waals surface area contributed by atoms with Crippen molar-refractivity contribution in [1.82, 2.24) is 10.6 Å². The molecule has 1 aliphatic heterocycles. The van der Waals surface area contributed by atoms with Gasteiger partial charge in [0, 0.05) is 18.3 Å². The number of hydrogen-bond donors (Lipinski definition) is 2. The molecule has 30 heavy (non-hydrogen) atoms. The summed E-state index contributed by atoms with van der Waals surface area (Å²) in [5, 5.41) is 5.98. The summed E-state index contributed by atoms with van der Waals surface area (Å²) in [6.07, 6.45) is 8.96. The molecule has 1 fully saturated rings. The van der Waals surface area contributed by atoms with Crippen LogP contribution in [-0.2, 0) is 4.79 Å². The van der Waals surface area contributed by atoms with Gasteiger partial charge < -0.3 is 15.4 Å². The van der Waals surface area contributed by atoms with Gasteiger partial charge in [0.05, 0.1) is 11.3 Å². The van der Waals surface area contributed by atoms with Crippen molar-refractivity contribution in [3.63, 3.8) is 0 Å². The van der Waals surface area contributed by atoms with Crippen molar-refractivity contribution in [3.8, 4) is 5.75 Å². The number of carbonyl (C=O) groups is 1. The summed E-state index contributed by atoms with van der Waals surface area (Å²) in [5.74, 6) is -1.41. The average Bonchev–Trinajstić information content (AvgIpc) is 3.10. The van der Waals surface area contributed by atoms with E-state index >= 15 is 0 Å². The lowest BCUT2D eigenvalue weighted by atomic mass is 9.84. The van der Waals surface area contributed by atoms with Crippen molar-refractivity contribution in [2.24, 2.45) is 10.9 Å². The summed E-state index contributed by atoms with van der Waals surface area (Å²) in [6.45, 7) is 7.58. The fourth-order valence-corrected chi connectivity index (χ4v) is 3.72. The molecule has 0 unspecified atom stereocenters. The van der Waals surface area contributed by atoms with Gasteiger partial charge in [-0.3, -0.25) is 4.79 Å². The monoisotopic (exact) mass is 415 g/mol. The third-order valence-corrected chi connectivity index (χ3v) is 5.47. The van der Waals surface area contributed by atoms with E-state index in [-0.39, 0.29) is 23.6 Å². The van der Waals surface area contributed by atoms with Crippen LogP contribution in [0.1, 0.15) is 46.0 Å². The van der Waals surface area contributed by atoms with E-state index in [0.29, 0.717) is 22.9 Å². The second kappa shape index (κ2) is 9.69. The molecular formula is C23H27F2N3O2. The normalized spacial score (nSPS) is 20.0. The van der Waals surface area contributed by atoms with Gasteiger partial charge in [-0.1, -0.05) is 25.8 Å². The number of amides is 1. The molecule has 7 heteroatoms. The van der Waals surface area contributed by atoms with E-state index in [0.717, 1.165) is 25.0 Å². The highest BCUT2D eigenvalue weighted by molar-refractivity contribution is 6.29. The Morgan fingerprint density at radius 2 is 2.07 bits per heavy atom. The lowest BCUT2D eigenvalue weighted by Gasteiger charge is -2.28. The number of hydrogen-bond acceptors (Lipinski definition) is 4. The molecule has 1 aromatic carbocycles. The van der Waals surface area contributed by atoms with Crippen molar-refractivity contribution in [3.05, 3.63) is 65.8 Å². The van der Waals surface area contributed by atoms with Gasteiger partial charge in [-0.05, 0) is 50.8 Å². The highest BCUT2D eigenvalue weighted by atomic mass is 19.1. The van der Waals surface area contributed by atoms with Gasteiger partial charge >= 0.3 is 0 Å². The minimum absolute atomic E-state index is 0.0552. The molecule has 1 amide bonds. The Kier molecular flexibility index (Phi) is 7.03. The third kappa shape index (κ3) is 5.14. The Hall–Kier alpha value is -2.96. The number of ether oxygens (including phenoxy) is 1. The van der Waals surface area contributed by atoms with Crippen LogP contribution in [0.2, 0.25) is 0 Å². The number of benzene rings is 1. The molecule has 1 atom stereocenters. The van der Waals surface area contributed by atoms with Crippen molar-refractivity contribution in [2.45, 2.75) is 52.0 Å². The lowest BCUT2D eigenvalue weighted by molar-refractivity contribution is -0.118. The van der Waals surface area contributed by atoms with Crippen molar-refractivity contribution in [1.29, 1.82) is 0 Å². The highest BCUT2D eigenvalue weighted by Gasteiger charge is 2.28. The minimum atomic E-state index is -0.840. The zero-order valence-electron chi connectivity index (χ0n) is 17.3. The van der Waals surface area contributed by atoms with Gasteiger partial charge in [0.25, 0.3) is 5.91 Å². The SMILES string of the molecule is C=C1NC=C(C(=O)N[C@@H](C)C2CCCCC2)C1=N/C(=C\C)Oc1ccc(F)cc1F. The van der Waals surface area contributed by atoms with Crippen molar-refractivity contribution < 1.29 is 18.3 Å². The second-order valence-corrected chi connectivity index (χ2v) is 7.61. The fourth-order valence-electron chi connectivity index (χ4n) is 3.72. The molecule has 1 heterocycles. The number of allylic oxidation sites excluding steroid dienone is 2. The minimum Gasteiger partial charge on any atom is -0.436 e. The topological polar surface area (TPSA) is 62.7 Å². The number of carbonyl (C=O) groups excluding carboxylic acids is 1. The van der Waals surface area contributed by atoms with Crippen LogP contribution in [0.4, 0.5) is 8.78 Å². The first-order valence-corrected chi connectivity index (χ1v) is 10.2. The van der Waals surface area contributed by atoms with Crippen LogP contribution < -0.4 is 15.4 Å². The molecule has 0 saturated heterocycles. The first-order valence-electron chi connectivity index (χ1n) is 10.2. The Labute approximate surface area is 175 Å². The molecule has 160 valence electrons. The van der Waals surface area contributed by atoms with E-state index in [9.17, 15) is 13.6 Å². The van der Waals surface area contributed by atoms with E-state index < -0.39 is 11.6 Å². The Morgan fingerprint density at radius 3 is 2.73 bits per heavy atom. The Morgan fingerprint density at radius 1 is 1.33 bits per heavy atom. The highest BCUT2D eigenvalue weighted by Crippen LogP contribution is 2.27. The molecule has 5 nitrogen and oxygen atoms in total. The van der Waals surface area contributed by atoms with E-state index in [1.165, 1.54) is 31.4 Å². The van der Waals surface area contributed by atoms with Gasteiger partial charge in [-0.15, -0.1) is 0 Å². The maximum Gasteiger partial charge on any atom is 0.255 e. The van der Waals surface area contributed by atoms with Crippen LogP contribution in [0.25, 0.3) is 0 Å². The number of nitrogens with one attached hydrogen (secondary N) is 2. The van der Waals surface area contributed by atoms with Gasteiger partial charge in [-0.25, -0.2) is 13.8 Å². The van der Waals surface area contributed by atoms with Crippen LogP contribution >= 0.6 is 0 Å². The van der Waals surface area contributed by atoms with Gasteiger partial charge in [0.2, 0.25) is 5.88 Å². The maximum absolute atomic E-state index is 13.9. The summed E-state index contributed by atoms with van der Waals surface area (Å²) >= 11 is 0. The summed E-state index contributed by atoms with van der Waals surface area (Å²) in [4.78, 5) is 17.2. The zero-order valence-corrected chi connectivity index (χ0v) is 17.3. The van der Waals surface area contributed by atoms with Crippen LogP contribution in [0.15, 0.2) is 59.2 Å². The Balaban J connectivity index is 1.73. The Bertz CT molecular complexity index is 915. The second-order valence-electron chi connectivity index (χ2n) is 7.61. The fraction of sp³-hybridized carbons (Fsp3) is 0.391. The largest absolute Gasteiger partial charge is 0.436 e. The molecule has 0 bridgehead atoms. The first kappa shape index (κ1) is 21.7. The smallest absolute Gasteiger partial charge is 0.255 e. The predicted octanol–water partition coefficient (Wildman–Crippen LogP) is 4.73. The van der Waals surface area contributed by atoms with E-state index in [2.05, 4.69) is 22.2 Å². The molecule has 2 aliphatic rings. The van der Waals surface area contributed by atoms with Gasteiger partial charge in [0.1, 0.15) is 11.5 Å². The third-order valence-electron chi connectivity index (χ3n) is 5.47. The molecule has 2 N–H and O–H groups in total. The predicted molar refractivity (Wildman–Crippen MR) is 113 cm³/mol. The van der Waals surface area contributed by atoms with E-state index in [1.807, 2.05) is 6.92 Å². The summed E-state index contributed by atoms with van der Waals surface area (Å²) in [5.41, 5.74) is 1.09. The summed E-state index contributed by atoms with van der Waals surface area (Å²) in [7, 11) is 0. The first-order chi connectivity index (χ1) is 14.4. The van der Waals surface area contributed by atoms with Crippen molar-refractivity contribution in [2.75, 3.05) is 0 Å². The van der Waals surface area contributed by atoms with E-state index in [1.54, 1.807) is 13.1 Å². The zero-order chi connectivity index (χ0) is 21.7. The standard InChI is InChI=1S/C23H27F2N3O2/c1-4-21(30-20-11-10-17(24)12-19(20)25)28-22-15(3)26-13-18(22)23(29)27-14(2)16-8-6-5-7-9-16/h4,10-14,16,26H,3,5-9H2,1-2H3,(H,27,29)/b21-4+,28-22?/t14-/m0/s1. The number of aliphatic imine (C=N–C) groups is 1.